The topological polar surface area (TPSA) is 15.9 Å². The van der Waals surface area contributed by atoms with Gasteiger partial charge in [-0.1, -0.05) is 64.9 Å². The van der Waals surface area contributed by atoms with E-state index in [-0.39, 0.29) is 12.4 Å². The Balaban J connectivity index is 0.00000225. The second-order valence-corrected chi connectivity index (χ2v) is 7.14. The van der Waals surface area contributed by atoms with Crippen molar-refractivity contribution < 1.29 is 17.0 Å². The van der Waals surface area contributed by atoms with Crippen molar-refractivity contribution in [2.24, 2.45) is 0 Å². The van der Waals surface area contributed by atoms with Crippen LogP contribution in [0.25, 0.3) is 11.3 Å². The van der Waals surface area contributed by atoms with Crippen molar-refractivity contribution in [3.8, 4) is 11.3 Å². The third kappa shape index (κ3) is 4.56. The monoisotopic (exact) mass is 410 g/mol. The summed E-state index contributed by atoms with van der Waals surface area (Å²) in [7, 11) is 0. The minimum atomic E-state index is 0. The van der Waals surface area contributed by atoms with Crippen molar-refractivity contribution in [3.63, 3.8) is 0 Å². The summed E-state index contributed by atoms with van der Waals surface area (Å²) in [4.78, 5) is 0. The lowest BCUT2D eigenvalue weighted by Crippen LogP contribution is -3.00. The fraction of sp³-hybridized carbons (Fsp3) is 0.105. The smallest absolute Gasteiger partial charge is 0.339 e. The molecular weight excluding hydrogens is 395 g/mol. The molecule has 0 aliphatic carbocycles. The van der Waals surface area contributed by atoms with Gasteiger partial charge in [-0.15, -0.1) is 0 Å². The van der Waals surface area contributed by atoms with E-state index in [2.05, 4.69) is 53.0 Å². The number of benzene rings is 2. The summed E-state index contributed by atoms with van der Waals surface area (Å²) in [6.07, 6.45) is 1.88. The number of hydrogen-bond acceptors (Lipinski definition) is 2. The summed E-state index contributed by atoms with van der Waals surface area (Å²) in [5.41, 5.74) is 4.28. The molecule has 0 aliphatic rings. The van der Waals surface area contributed by atoms with Crippen molar-refractivity contribution in [1.82, 2.24) is 0 Å². The van der Waals surface area contributed by atoms with Crippen LogP contribution in [-0.2, 0) is 6.54 Å². The maximum absolute atomic E-state index is 6.38. The van der Waals surface area contributed by atoms with Crippen molar-refractivity contribution in [2.45, 2.75) is 13.5 Å². The molecule has 0 spiro atoms. The quantitative estimate of drug-likeness (QED) is 0.503. The second kappa shape index (κ2) is 8.72. The molecular formula is C19H17Cl3N2S. The van der Waals surface area contributed by atoms with Gasteiger partial charge in [0.25, 0.3) is 0 Å². The molecule has 0 saturated heterocycles. The largest absolute Gasteiger partial charge is 1.00 e. The van der Waals surface area contributed by atoms with Crippen molar-refractivity contribution in [3.05, 3.63) is 76.1 Å². The van der Waals surface area contributed by atoms with E-state index in [1.165, 1.54) is 5.56 Å². The summed E-state index contributed by atoms with van der Waals surface area (Å²) in [6, 6.07) is 13.9. The zero-order valence-corrected chi connectivity index (χ0v) is 16.7. The van der Waals surface area contributed by atoms with Crippen LogP contribution in [0.5, 0.6) is 0 Å². The maximum atomic E-state index is 6.38. The molecule has 1 N–H and O–H groups in total. The highest BCUT2D eigenvalue weighted by atomic mass is 35.5. The van der Waals surface area contributed by atoms with E-state index in [1.54, 1.807) is 17.4 Å². The lowest BCUT2D eigenvalue weighted by atomic mass is 10.1. The van der Waals surface area contributed by atoms with E-state index in [4.69, 9.17) is 23.2 Å². The number of nitrogens with zero attached hydrogens (tertiary/aromatic N) is 1. The van der Waals surface area contributed by atoms with Crippen LogP contribution >= 0.6 is 34.5 Å². The van der Waals surface area contributed by atoms with Gasteiger partial charge in [0.05, 0.1) is 5.02 Å². The molecule has 2 aromatic carbocycles. The highest BCUT2D eigenvalue weighted by Gasteiger charge is 2.20. The van der Waals surface area contributed by atoms with E-state index in [1.807, 2.05) is 18.2 Å². The molecule has 0 amide bonds. The van der Waals surface area contributed by atoms with Gasteiger partial charge in [0, 0.05) is 16.0 Å². The number of hydrogen-bond donors (Lipinski definition) is 1. The van der Waals surface area contributed by atoms with Gasteiger partial charge in [-0.2, -0.15) is 0 Å². The first-order valence-electron chi connectivity index (χ1n) is 7.50. The fourth-order valence-corrected chi connectivity index (χ4v) is 3.88. The molecule has 0 bridgehead atoms. The number of allylic oxidation sites excluding steroid dienone is 1. The Hall–Kier alpha value is -1.52. The third-order valence-corrected chi connectivity index (χ3v) is 5.07. The Morgan fingerprint density at radius 2 is 1.88 bits per heavy atom. The zero-order valence-electron chi connectivity index (χ0n) is 13.6. The molecule has 0 fully saturated rings. The molecule has 0 saturated carbocycles. The highest BCUT2D eigenvalue weighted by molar-refractivity contribution is 7.13. The number of thiazole rings is 1. The summed E-state index contributed by atoms with van der Waals surface area (Å²) >= 11 is 14.0. The van der Waals surface area contributed by atoms with Crippen molar-refractivity contribution >= 4 is 45.4 Å². The van der Waals surface area contributed by atoms with Gasteiger partial charge in [-0.25, -0.2) is 9.88 Å². The van der Waals surface area contributed by atoms with Gasteiger partial charge in [-0.05, 0) is 37.3 Å². The minimum absolute atomic E-state index is 0. The first-order chi connectivity index (χ1) is 11.6. The van der Waals surface area contributed by atoms with Crippen LogP contribution in [0.3, 0.4) is 0 Å². The molecule has 1 aromatic heterocycles. The SMILES string of the molecule is C=CC[n+]1c(-c2ccc(Cl)cc2Cl)csc1Nc1ccc(C)cc1.[Cl-]. The van der Waals surface area contributed by atoms with Crippen molar-refractivity contribution in [1.29, 1.82) is 0 Å². The van der Waals surface area contributed by atoms with Crippen LogP contribution in [0.4, 0.5) is 10.8 Å². The van der Waals surface area contributed by atoms with Gasteiger partial charge in [0.15, 0.2) is 0 Å². The van der Waals surface area contributed by atoms with E-state index in [9.17, 15) is 0 Å². The Morgan fingerprint density at radius 3 is 2.52 bits per heavy atom. The van der Waals surface area contributed by atoms with Crippen LogP contribution in [-0.4, -0.2) is 0 Å². The average Bonchev–Trinajstić information content (AvgIpc) is 2.93. The van der Waals surface area contributed by atoms with Crippen LogP contribution in [0.1, 0.15) is 5.56 Å². The lowest BCUT2D eigenvalue weighted by Gasteiger charge is -2.06. The number of aromatic nitrogens is 1. The predicted octanol–water partition coefficient (Wildman–Crippen LogP) is 3.25. The third-order valence-electron chi connectivity index (χ3n) is 3.64. The number of nitrogens with one attached hydrogen (secondary N) is 1. The van der Waals surface area contributed by atoms with E-state index in [0.29, 0.717) is 16.6 Å². The summed E-state index contributed by atoms with van der Waals surface area (Å²) in [6.45, 7) is 6.63. The number of halogens is 3. The number of anilines is 2. The average molecular weight is 412 g/mol. The number of aryl methyl sites for hydroxylation is 1. The molecule has 0 aliphatic heterocycles. The molecule has 1 heterocycles. The van der Waals surface area contributed by atoms with Crippen LogP contribution < -0.4 is 22.3 Å². The lowest BCUT2D eigenvalue weighted by molar-refractivity contribution is -0.657. The van der Waals surface area contributed by atoms with Gasteiger partial charge >= 0.3 is 5.13 Å². The molecule has 3 rings (SSSR count). The van der Waals surface area contributed by atoms with E-state index < -0.39 is 0 Å². The van der Waals surface area contributed by atoms with Gasteiger partial charge in [-0.3, -0.25) is 0 Å². The molecule has 0 atom stereocenters. The van der Waals surface area contributed by atoms with E-state index in [0.717, 1.165) is 22.1 Å². The Morgan fingerprint density at radius 1 is 1.16 bits per heavy atom. The van der Waals surface area contributed by atoms with Gasteiger partial charge in [0.2, 0.25) is 0 Å². The molecule has 130 valence electrons. The normalized spacial score (nSPS) is 10.2. The summed E-state index contributed by atoms with van der Waals surface area (Å²) in [5.74, 6) is 0. The predicted molar refractivity (Wildman–Crippen MR) is 105 cm³/mol. The summed E-state index contributed by atoms with van der Waals surface area (Å²) in [5, 5.41) is 7.86. The first-order valence-corrected chi connectivity index (χ1v) is 9.13. The van der Waals surface area contributed by atoms with Gasteiger partial charge < -0.3 is 12.4 Å². The van der Waals surface area contributed by atoms with Crippen LogP contribution in [0.15, 0.2) is 60.5 Å². The standard InChI is InChI=1S/C19H16Cl2N2S.ClH/c1-3-10-23-18(16-9-6-14(20)11-17(16)21)12-24-19(23)22-15-7-4-13(2)5-8-15;/h3-9,11-12H,1,10H2,2H3;1H. The van der Waals surface area contributed by atoms with Crippen LogP contribution in [0.2, 0.25) is 10.0 Å². The van der Waals surface area contributed by atoms with Gasteiger partial charge in [0.1, 0.15) is 17.9 Å². The second-order valence-electron chi connectivity index (χ2n) is 5.44. The Kier molecular flexibility index (Phi) is 6.91. The molecule has 6 heteroatoms. The van der Waals surface area contributed by atoms with E-state index >= 15 is 0 Å². The zero-order chi connectivity index (χ0) is 17.1. The fourth-order valence-electron chi connectivity index (χ4n) is 2.42. The number of rotatable bonds is 5. The molecule has 0 radical (unpaired) electrons. The molecule has 3 aromatic rings. The summed E-state index contributed by atoms with van der Waals surface area (Å²) < 4.78 is 2.16. The first kappa shape index (κ1) is 19.8. The molecule has 0 unspecified atom stereocenters. The maximum Gasteiger partial charge on any atom is 0.339 e. The highest BCUT2D eigenvalue weighted by Crippen LogP contribution is 2.32. The van der Waals surface area contributed by atoms with Crippen molar-refractivity contribution in [2.75, 3.05) is 5.32 Å². The molecule has 25 heavy (non-hydrogen) atoms. The Labute approximate surface area is 168 Å². The minimum Gasteiger partial charge on any atom is -1.00 e. The molecule has 2 nitrogen and oxygen atoms in total. The van der Waals surface area contributed by atoms with Crippen LogP contribution in [0, 0.1) is 6.92 Å². The Bertz CT molecular complexity index is 873.